The summed E-state index contributed by atoms with van der Waals surface area (Å²) in [7, 11) is 0. The van der Waals surface area contributed by atoms with Crippen LogP contribution in [0.25, 0.3) is 5.57 Å². The number of benzene rings is 2. The normalized spacial score (nSPS) is 10.9. The Hall–Kier alpha value is -3.73. The summed E-state index contributed by atoms with van der Waals surface area (Å²) < 4.78 is 19.3. The van der Waals surface area contributed by atoms with Gasteiger partial charge < -0.3 is 10.1 Å². The van der Waals surface area contributed by atoms with Crippen molar-refractivity contribution in [3.8, 4) is 17.6 Å². The van der Waals surface area contributed by atoms with Crippen molar-refractivity contribution in [2.24, 2.45) is 0 Å². The Morgan fingerprint density at radius 2 is 2.08 bits per heavy atom. The number of anilines is 1. The number of nitriles is 1. The topological polar surface area (TPSA) is 99.5 Å². The number of hydrogen-bond donors (Lipinski definition) is 2. The number of hydrogen-bond acceptors (Lipinski definition) is 6. The Kier molecular flexibility index (Phi) is 4.44. The van der Waals surface area contributed by atoms with Gasteiger partial charge in [-0.25, -0.2) is 4.39 Å². The number of halogens is 1. The van der Waals surface area contributed by atoms with Crippen LogP contribution in [0.2, 0.25) is 0 Å². The summed E-state index contributed by atoms with van der Waals surface area (Å²) in [5, 5.41) is 25.1. The van der Waals surface area contributed by atoms with Crippen LogP contribution in [0.1, 0.15) is 5.82 Å². The summed E-state index contributed by atoms with van der Waals surface area (Å²) in [5.41, 5.74) is 0.494. The molecule has 0 unspecified atom stereocenters. The molecule has 3 aromatic rings. The van der Waals surface area contributed by atoms with Crippen LogP contribution in [0.5, 0.6) is 11.5 Å². The van der Waals surface area contributed by atoms with E-state index in [2.05, 4.69) is 25.9 Å². The lowest BCUT2D eigenvalue weighted by Gasteiger charge is -2.11. The molecular formula is C16H11FN6O. The molecule has 0 aliphatic rings. The quantitative estimate of drug-likeness (QED) is 0.700. The van der Waals surface area contributed by atoms with E-state index in [9.17, 15) is 4.39 Å². The van der Waals surface area contributed by atoms with E-state index in [1.165, 1.54) is 24.4 Å². The first-order chi connectivity index (χ1) is 11.8. The van der Waals surface area contributed by atoms with E-state index in [0.717, 1.165) is 0 Å². The number of tetrazole rings is 1. The Morgan fingerprint density at radius 1 is 1.25 bits per heavy atom. The number of nitrogens with zero attached hydrogens (tertiary/aromatic N) is 4. The zero-order chi connectivity index (χ0) is 16.8. The Bertz CT molecular complexity index is 887. The predicted molar refractivity (Wildman–Crippen MR) is 84.3 cm³/mol. The molecule has 3 rings (SSSR count). The second-order valence-corrected chi connectivity index (χ2v) is 4.61. The lowest BCUT2D eigenvalue weighted by Crippen LogP contribution is -1.96. The van der Waals surface area contributed by atoms with Crippen LogP contribution in [0.15, 0.2) is 54.7 Å². The molecule has 0 atom stereocenters. The van der Waals surface area contributed by atoms with Gasteiger partial charge >= 0.3 is 0 Å². The van der Waals surface area contributed by atoms with Crippen molar-refractivity contribution in [2.45, 2.75) is 0 Å². The molecule has 0 bridgehead atoms. The van der Waals surface area contributed by atoms with E-state index >= 15 is 0 Å². The second-order valence-electron chi connectivity index (χ2n) is 4.61. The van der Waals surface area contributed by atoms with Crippen molar-refractivity contribution in [2.75, 3.05) is 5.32 Å². The highest BCUT2D eigenvalue weighted by molar-refractivity contribution is 5.75. The number of ether oxygens (including phenoxy) is 1. The van der Waals surface area contributed by atoms with Crippen LogP contribution >= 0.6 is 0 Å². The molecule has 0 aliphatic carbocycles. The minimum absolute atomic E-state index is 0.131. The van der Waals surface area contributed by atoms with Gasteiger partial charge in [0.15, 0.2) is 5.75 Å². The van der Waals surface area contributed by atoms with Crippen molar-refractivity contribution in [3.63, 3.8) is 0 Å². The van der Waals surface area contributed by atoms with Crippen molar-refractivity contribution in [1.82, 2.24) is 20.6 Å². The van der Waals surface area contributed by atoms with Gasteiger partial charge in [0, 0.05) is 12.3 Å². The molecular weight excluding hydrogens is 311 g/mol. The van der Waals surface area contributed by atoms with Crippen molar-refractivity contribution in [1.29, 1.82) is 5.26 Å². The van der Waals surface area contributed by atoms with Crippen LogP contribution in [-0.4, -0.2) is 20.6 Å². The average Bonchev–Trinajstić information content (AvgIpc) is 3.13. The van der Waals surface area contributed by atoms with Gasteiger partial charge in [-0.1, -0.05) is 18.2 Å². The highest BCUT2D eigenvalue weighted by Gasteiger charge is 2.09. The fraction of sp³-hybridized carbons (Fsp3) is 0. The van der Waals surface area contributed by atoms with Gasteiger partial charge in [0.1, 0.15) is 23.2 Å². The first kappa shape index (κ1) is 15.2. The lowest BCUT2D eigenvalue weighted by atomic mass is 10.2. The average molecular weight is 322 g/mol. The highest BCUT2D eigenvalue weighted by atomic mass is 19.1. The van der Waals surface area contributed by atoms with Gasteiger partial charge in [-0.2, -0.15) is 10.5 Å². The summed E-state index contributed by atoms with van der Waals surface area (Å²) in [6, 6.07) is 15.1. The third kappa shape index (κ3) is 3.53. The first-order valence-corrected chi connectivity index (χ1v) is 6.89. The molecule has 0 saturated heterocycles. The number of H-pyrrole nitrogens is 1. The highest BCUT2D eigenvalue weighted by Crippen LogP contribution is 2.30. The predicted octanol–water partition coefficient (Wildman–Crippen LogP) is 3.11. The number of rotatable bonds is 5. The number of aromatic amines is 1. The molecule has 7 nitrogen and oxygen atoms in total. The summed E-state index contributed by atoms with van der Waals surface area (Å²) >= 11 is 0. The molecule has 24 heavy (non-hydrogen) atoms. The van der Waals surface area contributed by atoms with Crippen LogP contribution in [0, 0.1) is 17.1 Å². The zero-order valence-electron chi connectivity index (χ0n) is 12.3. The van der Waals surface area contributed by atoms with Gasteiger partial charge in [0.05, 0.1) is 5.69 Å². The van der Waals surface area contributed by atoms with Crippen LogP contribution in [0.4, 0.5) is 10.1 Å². The summed E-state index contributed by atoms with van der Waals surface area (Å²) in [5.74, 6) is 0.704. The molecule has 1 aromatic heterocycles. The lowest BCUT2D eigenvalue weighted by molar-refractivity contribution is 0.483. The van der Waals surface area contributed by atoms with Crippen LogP contribution in [-0.2, 0) is 0 Å². The van der Waals surface area contributed by atoms with Crippen molar-refractivity contribution in [3.05, 3.63) is 66.4 Å². The molecule has 2 aromatic carbocycles. The minimum Gasteiger partial charge on any atom is -0.455 e. The molecule has 0 amide bonds. The largest absolute Gasteiger partial charge is 0.455 e. The molecule has 0 spiro atoms. The maximum absolute atomic E-state index is 13.5. The monoisotopic (exact) mass is 322 g/mol. The zero-order valence-corrected chi connectivity index (χ0v) is 12.3. The molecule has 0 aliphatic heterocycles. The summed E-state index contributed by atoms with van der Waals surface area (Å²) in [6.45, 7) is 0. The van der Waals surface area contributed by atoms with Crippen LogP contribution < -0.4 is 10.1 Å². The number of para-hydroxylation sites is 1. The number of allylic oxidation sites excluding steroid dienone is 1. The Labute approximate surface area is 136 Å². The Morgan fingerprint density at radius 3 is 2.79 bits per heavy atom. The molecule has 1 heterocycles. The van der Waals surface area contributed by atoms with Crippen molar-refractivity contribution < 1.29 is 9.13 Å². The van der Waals surface area contributed by atoms with E-state index in [4.69, 9.17) is 10.00 Å². The van der Waals surface area contributed by atoms with Gasteiger partial charge in [-0.15, -0.1) is 10.2 Å². The Balaban J connectivity index is 1.87. The molecule has 0 radical (unpaired) electrons. The standard InChI is InChI=1S/C16H11FN6O/c17-12-6-7-15(24-13-4-2-1-3-5-13)14(8-12)19-10-11(9-18)16-20-22-23-21-16/h1-8,10,19H,(H,20,21,22,23). The molecule has 0 fully saturated rings. The van der Waals surface area contributed by atoms with E-state index in [1.54, 1.807) is 12.1 Å². The second kappa shape index (κ2) is 7.02. The number of nitrogens with one attached hydrogen (secondary N) is 2. The number of aromatic nitrogens is 4. The van der Waals surface area contributed by atoms with Gasteiger partial charge in [0.2, 0.25) is 5.82 Å². The molecule has 2 N–H and O–H groups in total. The van der Waals surface area contributed by atoms with E-state index in [0.29, 0.717) is 17.2 Å². The van der Waals surface area contributed by atoms with Gasteiger partial charge in [0.25, 0.3) is 0 Å². The van der Waals surface area contributed by atoms with Gasteiger partial charge in [-0.3, -0.25) is 0 Å². The van der Waals surface area contributed by atoms with E-state index in [-0.39, 0.29) is 11.4 Å². The first-order valence-electron chi connectivity index (χ1n) is 6.89. The fourth-order valence-electron chi connectivity index (χ4n) is 1.89. The molecule has 0 saturated carbocycles. The third-order valence-electron chi connectivity index (χ3n) is 2.99. The molecule has 8 heteroatoms. The maximum Gasteiger partial charge on any atom is 0.216 e. The smallest absolute Gasteiger partial charge is 0.216 e. The SMILES string of the molecule is N#CC(=CNc1cc(F)ccc1Oc1ccccc1)c1nn[nH]n1. The van der Waals surface area contributed by atoms with Gasteiger partial charge in [-0.05, 0) is 29.5 Å². The molecule has 118 valence electrons. The minimum atomic E-state index is -0.440. The van der Waals surface area contributed by atoms with Crippen molar-refractivity contribution >= 4 is 11.3 Å². The third-order valence-corrected chi connectivity index (χ3v) is 2.99. The van der Waals surface area contributed by atoms with Crippen LogP contribution in [0.3, 0.4) is 0 Å². The van der Waals surface area contributed by atoms with E-state index < -0.39 is 5.82 Å². The van der Waals surface area contributed by atoms with E-state index in [1.807, 2.05) is 24.3 Å². The maximum atomic E-state index is 13.5. The fourth-order valence-corrected chi connectivity index (χ4v) is 1.89. The summed E-state index contributed by atoms with van der Waals surface area (Å²) in [6.07, 6.45) is 1.36. The summed E-state index contributed by atoms with van der Waals surface area (Å²) in [4.78, 5) is 0.